The lowest BCUT2D eigenvalue weighted by molar-refractivity contribution is -0.111. The number of ether oxygens (including phenoxy) is 1. The third-order valence-corrected chi connectivity index (χ3v) is 6.13. The molecule has 2 aromatic heterocycles. The molecule has 4 rings (SSSR count). The number of methoxy groups -OCH3 is 1. The van der Waals surface area contributed by atoms with Gasteiger partial charge in [-0.25, -0.2) is 4.98 Å². The number of furan rings is 1. The fourth-order valence-electron chi connectivity index (χ4n) is 3.92. The number of fused-ring (bicyclic) bond motifs is 3. The van der Waals surface area contributed by atoms with E-state index in [4.69, 9.17) is 9.15 Å². The zero-order valence-corrected chi connectivity index (χ0v) is 17.5. The number of aromatic nitrogens is 1. The second kappa shape index (κ2) is 7.43. The first-order chi connectivity index (χ1) is 13.5. The Bertz CT molecular complexity index is 1090. The van der Waals surface area contributed by atoms with E-state index in [1.165, 1.54) is 29.7 Å². The van der Waals surface area contributed by atoms with Crippen LogP contribution in [-0.4, -0.2) is 18.0 Å². The molecule has 1 aromatic carbocycles. The van der Waals surface area contributed by atoms with Gasteiger partial charge >= 0.3 is 0 Å². The van der Waals surface area contributed by atoms with Crippen molar-refractivity contribution >= 4 is 38.9 Å². The molecule has 0 radical (unpaired) electrons. The van der Waals surface area contributed by atoms with Gasteiger partial charge in [0, 0.05) is 40.0 Å². The number of aryl methyl sites for hydroxylation is 4. The summed E-state index contributed by atoms with van der Waals surface area (Å²) >= 11 is 1.42. The first kappa shape index (κ1) is 18.7. The fraction of sp³-hybridized carbons (Fsp3) is 0.364. The molecule has 0 bridgehead atoms. The van der Waals surface area contributed by atoms with Crippen LogP contribution in [0, 0.1) is 13.8 Å². The second-order valence-corrected chi connectivity index (χ2v) is 8.14. The molecule has 0 unspecified atom stereocenters. The van der Waals surface area contributed by atoms with E-state index < -0.39 is 0 Å². The molecule has 3 aromatic rings. The van der Waals surface area contributed by atoms with Crippen LogP contribution in [0.1, 0.15) is 47.9 Å². The topological polar surface area (TPSA) is 64.4 Å². The molecule has 0 saturated carbocycles. The molecule has 0 spiro atoms. The van der Waals surface area contributed by atoms with Crippen molar-refractivity contribution in [1.29, 1.82) is 0 Å². The maximum Gasteiger partial charge on any atom is 0.250 e. The number of hydrogen-bond acceptors (Lipinski definition) is 5. The Hall–Kier alpha value is -2.60. The van der Waals surface area contributed by atoms with Crippen LogP contribution in [0.2, 0.25) is 0 Å². The van der Waals surface area contributed by atoms with Crippen molar-refractivity contribution < 1.29 is 13.9 Å². The standard InChI is InChI=1S/C22H24N2O3S/c1-12(9-19(25)24-22-23-13(2)11-28-22)16-10-17-15-7-5-6-8-18(15)27-21(17)14(3)20(16)26-4/h9-11H,5-8H2,1-4H3,(H,23,24,25)/b12-9+. The van der Waals surface area contributed by atoms with Gasteiger partial charge in [-0.1, -0.05) is 0 Å². The monoisotopic (exact) mass is 396 g/mol. The zero-order valence-electron chi connectivity index (χ0n) is 16.6. The Labute approximate surface area is 168 Å². The summed E-state index contributed by atoms with van der Waals surface area (Å²) in [5.41, 5.74) is 5.86. The van der Waals surface area contributed by atoms with Gasteiger partial charge in [-0.3, -0.25) is 10.1 Å². The Balaban J connectivity index is 1.74. The van der Waals surface area contributed by atoms with Crippen molar-refractivity contribution in [2.45, 2.75) is 46.5 Å². The minimum Gasteiger partial charge on any atom is -0.496 e. The number of anilines is 1. The summed E-state index contributed by atoms with van der Waals surface area (Å²) in [7, 11) is 1.66. The average molecular weight is 397 g/mol. The van der Waals surface area contributed by atoms with Crippen LogP contribution in [0.25, 0.3) is 16.5 Å². The fourth-order valence-corrected chi connectivity index (χ4v) is 4.61. The van der Waals surface area contributed by atoms with E-state index in [0.717, 1.165) is 57.7 Å². The summed E-state index contributed by atoms with van der Waals surface area (Å²) < 4.78 is 11.9. The molecule has 1 N–H and O–H groups in total. The summed E-state index contributed by atoms with van der Waals surface area (Å²) in [6.07, 6.45) is 6.00. The largest absolute Gasteiger partial charge is 0.496 e. The Morgan fingerprint density at radius 3 is 2.82 bits per heavy atom. The van der Waals surface area contributed by atoms with Gasteiger partial charge in [0.15, 0.2) is 5.13 Å². The van der Waals surface area contributed by atoms with E-state index in [-0.39, 0.29) is 5.91 Å². The van der Waals surface area contributed by atoms with Crippen LogP contribution in [0.3, 0.4) is 0 Å². The Morgan fingerprint density at radius 2 is 2.11 bits per heavy atom. The summed E-state index contributed by atoms with van der Waals surface area (Å²) in [5.74, 6) is 1.66. The first-order valence-corrected chi connectivity index (χ1v) is 10.4. The molecule has 1 aliphatic carbocycles. The minimum atomic E-state index is -0.194. The van der Waals surface area contributed by atoms with Crippen molar-refractivity contribution in [3.05, 3.63) is 45.7 Å². The van der Waals surface area contributed by atoms with E-state index in [2.05, 4.69) is 16.4 Å². The molecule has 0 atom stereocenters. The van der Waals surface area contributed by atoms with Crippen molar-refractivity contribution in [2.24, 2.45) is 0 Å². The molecular formula is C22H24N2O3S. The molecule has 0 fully saturated rings. The molecule has 2 heterocycles. The van der Waals surface area contributed by atoms with Gasteiger partial charge < -0.3 is 9.15 Å². The molecular weight excluding hydrogens is 372 g/mol. The number of hydrogen-bond donors (Lipinski definition) is 1. The highest BCUT2D eigenvalue weighted by Gasteiger charge is 2.23. The molecule has 6 heteroatoms. The Kier molecular flexibility index (Phi) is 4.98. The SMILES string of the molecule is COc1c(/C(C)=C/C(=O)Nc2nc(C)cs2)cc2c3c(oc2c1C)CCCC3. The van der Waals surface area contributed by atoms with Gasteiger partial charge in [0.25, 0.3) is 0 Å². The highest BCUT2D eigenvalue weighted by atomic mass is 32.1. The lowest BCUT2D eigenvalue weighted by Crippen LogP contribution is -2.08. The van der Waals surface area contributed by atoms with Gasteiger partial charge in [0.05, 0.1) is 12.8 Å². The molecule has 1 amide bonds. The third kappa shape index (κ3) is 3.33. The highest BCUT2D eigenvalue weighted by Crippen LogP contribution is 2.41. The summed E-state index contributed by atoms with van der Waals surface area (Å²) in [4.78, 5) is 16.7. The van der Waals surface area contributed by atoms with Crippen molar-refractivity contribution in [2.75, 3.05) is 12.4 Å². The number of carbonyl (C=O) groups excluding carboxylic acids is 1. The van der Waals surface area contributed by atoms with Gasteiger partial charge in [-0.05, 0) is 51.7 Å². The molecule has 0 aliphatic heterocycles. The van der Waals surface area contributed by atoms with Crippen molar-refractivity contribution in [1.82, 2.24) is 4.98 Å². The van der Waals surface area contributed by atoms with Crippen molar-refractivity contribution in [3.63, 3.8) is 0 Å². The van der Waals surface area contributed by atoms with Crippen LogP contribution in [-0.2, 0) is 17.6 Å². The molecule has 0 saturated heterocycles. The number of benzene rings is 1. The molecule has 1 aliphatic rings. The van der Waals surface area contributed by atoms with E-state index >= 15 is 0 Å². The third-order valence-electron chi connectivity index (χ3n) is 5.25. The average Bonchev–Trinajstić information content (AvgIpc) is 3.25. The molecule has 146 valence electrons. The molecule has 5 nitrogen and oxygen atoms in total. The number of thiazole rings is 1. The highest BCUT2D eigenvalue weighted by molar-refractivity contribution is 7.13. The van der Waals surface area contributed by atoms with Crippen LogP contribution >= 0.6 is 11.3 Å². The number of amides is 1. The van der Waals surface area contributed by atoms with Gasteiger partial charge in [-0.2, -0.15) is 0 Å². The van der Waals surface area contributed by atoms with Crippen molar-refractivity contribution in [3.8, 4) is 5.75 Å². The summed E-state index contributed by atoms with van der Waals surface area (Å²) in [5, 5.41) is 6.49. The zero-order chi connectivity index (χ0) is 19.8. The summed E-state index contributed by atoms with van der Waals surface area (Å²) in [6.45, 7) is 5.86. The maximum atomic E-state index is 12.5. The quantitative estimate of drug-likeness (QED) is 0.597. The van der Waals surface area contributed by atoms with E-state index in [1.807, 2.05) is 26.2 Å². The number of nitrogens with one attached hydrogen (secondary N) is 1. The number of rotatable bonds is 4. The minimum absolute atomic E-state index is 0.194. The summed E-state index contributed by atoms with van der Waals surface area (Å²) in [6, 6.07) is 2.11. The van der Waals surface area contributed by atoms with E-state index in [1.54, 1.807) is 13.2 Å². The lowest BCUT2D eigenvalue weighted by atomic mass is 9.93. The van der Waals surface area contributed by atoms with E-state index in [0.29, 0.717) is 5.13 Å². The first-order valence-electron chi connectivity index (χ1n) is 9.51. The predicted octanol–water partition coefficient (Wildman–Crippen LogP) is 5.44. The molecule has 28 heavy (non-hydrogen) atoms. The second-order valence-electron chi connectivity index (χ2n) is 7.28. The maximum absolute atomic E-state index is 12.5. The lowest BCUT2D eigenvalue weighted by Gasteiger charge is -2.13. The van der Waals surface area contributed by atoms with Crippen LogP contribution in [0.5, 0.6) is 5.75 Å². The smallest absolute Gasteiger partial charge is 0.250 e. The van der Waals surface area contributed by atoms with Gasteiger partial charge in [0.2, 0.25) is 5.91 Å². The normalized spacial score (nSPS) is 14.2. The van der Waals surface area contributed by atoms with Crippen LogP contribution in [0.15, 0.2) is 21.9 Å². The number of nitrogens with zero attached hydrogens (tertiary/aromatic N) is 1. The van der Waals surface area contributed by atoms with Crippen LogP contribution in [0.4, 0.5) is 5.13 Å². The Morgan fingerprint density at radius 1 is 1.32 bits per heavy atom. The van der Waals surface area contributed by atoms with Gasteiger partial charge in [-0.15, -0.1) is 11.3 Å². The number of carbonyl (C=O) groups is 1. The van der Waals surface area contributed by atoms with Crippen LogP contribution < -0.4 is 10.1 Å². The van der Waals surface area contributed by atoms with E-state index in [9.17, 15) is 4.79 Å². The van der Waals surface area contributed by atoms with Gasteiger partial charge in [0.1, 0.15) is 17.1 Å². The predicted molar refractivity (Wildman–Crippen MR) is 113 cm³/mol. The number of allylic oxidation sites excluding steroid dienone is 1.